The maximum atomic E-state index is 5.70. The van der Waals surface area contributed by atoms with Gasteiger partial charge in [-0.2, -0.15) is 0 Å². The average Bonchev–Trinajstić information content (AvgIpc) is 2.54. The van der Waals surface area contributed by atoms with E-state index in [-0.39, 0.29) is 0 Å². The van der Waals surface area contributed by atoms with Crippen LogP contribution in [0.2, 0.25) is 0 Å². The van der Waals surface area contributed by atoms with Gasteiger partial charge < -0.3 is 15.2 Å². The quantitative estimate of drug-likeness (QED) is 0.815. The smallest absolute Gasteiger partial charge is 0.161 e. The van der Waals surface area contributed by atoms with Crippen LogP contribution in [0.1, 0.15) is 30.4 Å². The molecule has 94 valence electrons. The van der Waals surface area contributed by atoms with Crippen LogP contribution in [0, 0.1) is 6.92 Å². The standard InChI is InChI=1S/C14H21NO2/c1-11-9-13-14(17-8-4-7-16-13)10-12(11)5-2-3-6-15/h9-10H,2-8,15H2,1H3. The number of benzene rings is 1. The Balaban J connectivity index is 2.14. The first kappa shape index (κ1) is 12.2. The normalized spacial score (nSPS) is 14.5. The van der Waals surface area contributed by atoms with Crippen molar-refractivity contribution >= 4 is 0 Å². The van der Waals surface area contributed by atoms with Crippen LogP contribution in [0.4, 0.5) is 0 Å². The monoisotopic (exact) mass is 235 g/mol. The number of hydrogen-bond donors (Lipinski definition) is 1. The van der Waals surface area contributed by atoms with Crippen LogP contribution in [0.15, 0.2) is 12.1 Å². The van der Waals surface area contributed by atoms with Gasteiger partial charge in [0, 0.05) is 6.42 Å². The molecule has 0 atom stereocenters. The Labute approximate surface area is 103 Å². The van der Waals surface area contributed by atoms with Gasteiger partial charge in [-0.05, 0) is 56.0 Å². The lowest BCUT2D eigenvalue weighted by Gasteiger charge is -2.12. The molecule has 0 aliphatic carbocycles. The van der Waals surface area contributed by atoms with Gasteiger partial charge in [0.15, 0.2) is 11.5 Å². The number of fused-ring (bicyclic) bond motifs is 1. The summed E-state index contributed by atoms with van der Waals surface area (Å²) in [7, 11) is 0. The number of rotatable bonds is 4. The Morgan fingerprint density at radius 2 is 1.82 bits per heavy atom. The summed E-state index contributed by atoms with van der Waals surface area (Å²) in [4.78, 5) is 0. The number of aryl methyl sites for hydroxylation is 2. The fraction of sp³-hybridized carbons (Fsp3) is 0.571. The van der Waals surface area contributed by atoms with Gasteiger partial charge in [-0.15, -0.1) is 0 Å². The van der Waals surface area contributed by atoms with Crippen molar-refractivity contribution in [3.63, 3.8) is 0 Å². The molecule has 0 spiro atoms. The van der Waals surface area contributed by atoms with E-state index < -0.39 is 0 Å². The Morgan fingerprint density at radius 1 is 1.12 bits per heavy atom. The van der Waals surface area contributed by atoms with Crippen LogP contribution in [-0.2, 0) is 6.42 Å². The zero-order valence-corrected chi connectivity index (χ0v) is 10.5. The molecule has 2 N–H and O–H groups in total. The molecule has 17 heavy (non-hydrogen) atoms. The molecular weight excluding hydrogens is 214 g/mol. The van der Waals surface area contributed by atoms with Crippen molar-refractivity contribution in [3.8, 4) is 11.5 Å². The molecular formula is C14H21NO2. The minimum absolute atomic E-state index is 0.748. The summed E-state index contributed by atoms with van der Waals surface area (Å²) in [5.41, 5.74) is 8.15. The highest BCUT2D eigenvalue weighted by Crippen LogP contribution is 2.33. The van der Waals surface area contributed by atoms with E-state index in [0.29, 0.717) is 0 Å². The zero-order chi connectivity index (χ0) is 12.1. The van der Waals surface area contributed by atoms with Crippen LogP contribution >= 0.6 is 0 Å². The number of nitrogens with two attached hydrogens (primary N) is 1. The van der Waals surface area contributed by atoms with E-state index in [1.54, 1.807) is 0 Å². The minimum atomic E-state index is 0.748. The lowest BCUT2D eigenvalue weighted by atomic mass is 10.0. The summed E-state index contributed by atoms with van der Waals surface area (Å²) in [5, 5.41) is 0. The van der Waals surface area contributed by atoms with E-state index >= 15 is 0 Å². The lowest BCUT2D eigenvalue weighted by Crippen LogP contribution is -2.00. The van der Waals surface area contributed by atoms with Crippen molar-refractivity contribution in [1.82, 2.24) is 0 Å². The summed E-state index contributed by atoms with van der Waals surface area (Å²) in [6.45, 7) is 4.40. The van der Waals surface area contributed by atoms with Crippen molar-refractivity contribution in [2.45, 2.75) is 32.6 Å². The first-order valence-electron chi connectivity index (χ1n) is 6.40. The van der Waals surface area contributed by atoms with Crippen LogP contribution < -0.4 is 15.2 Å². The highest BCUT2D eigenvalue weighted by atomic mass is 16.5. The molecule has 0 saturated carbocycles. The third kappa shape index (κ3) is 3.13. The molecule has 3 heteroatoms. The van der Waals surface area contributed by atoms with E-state index in [1.807, 2.05) is 0 Å². The average molecular weight is 235 g/mol. The van der Waals surface area contributed by atoms with Gasteiger partial charge in [-0.25, -0.2) is 0 Å². The van der Waals surface area contributed by atoms with Gasteiger partial charge in [0.05, 0.1) is 13.2 Å². The molecule has 1 aromatic rings. The predicted molar refractivity (Wildman–Crippen MR) is 68.8 cm³/mol. The number of hydrogen-bond acceptors (Lipinski definition) is 3. The summed E-state index contributed by atoms with van der Waals surface area (Å²) >= 11 is 0. The second-order valence-electron chi connectivity index (χ2n) is 4.52. The van der Waals surface area contributed by atoms with E-state index in [0.717, 1.165) is 56.9 Å². The van der Waals surface area contributed by atoms with Gasteiger partial charge in [-0.1, -0.05) is 0 Å². The van der Waals surface area contributed by atoms with E-state index in [2.05, 4.69) is 19.1 Å². The fourth-order valence-electron chi connectivity index (χ4n) is 2.08. The summed E-state index contributed by atoms with van der Waals surface area (Å²) in [5.74, 6) is 1.79. The van der Waals surface area contributed by atoms with Crippen LogP contribution in [0.25, 0.3) is 0 Å². The number of unbranched alkanes of at least 4 members (excludes halogenated alkanes) is 1. The van der Waals surface area contributed by atoms with Crippen molar-refractivity contribution in [2.24, 2.45) is 5.73 Å². The molecule has 0 radical (unpaired) electrons. The Hall–Kier alpha value is -1.22. The predicted octanol–water partition coefficient (Wildman–Crippen LogP) is 2.44. The highest BCUT2D eigenvalue weighted by Gasteiger charge is 2.12. The second-order valence-corrected chi connectivity index (χ2v) is 4.52. The second kappa shape index (κ2) is 5.92. The number of ether oxygens (including phenoxy) is 2. The maximum absolute atomic E-state index is 5.70. The Bertz CT molecular complexity index is 377. The SMILES string of the molecule is Cc1cc2c(cc1CCCCN)OCCCO2. The lowest BCUT2D eigenvalue weighted by molar-refractivity contribution is 0.297. The topological polar surface area (TPSA) is 44.5 Å². The van der Waals surface area contributed by atoms with Crippen molar-refractivity contribution in [2.75, 3.05) is 19.8 Å². The fourth-order valence-corrected chi connectivity index (χ4v) is 2.08. The molecule has 0 bridgehead atoms. The first-order valence-corrected chi connectivity index (χ1v) is 6.40. The third-order valence-corrected chi connectivity index (χ3v) is 3.11. The van der Waals surface area contributed by atoms with Crippen molar-refractivity contribution < 1.29 is 9.47 Å². The van der Waals surface area contributed by atoms with E-state index in [4.69, 9.17) is 15.2 Å². The molecule has 0 fully saturated rings. The molecule has 1 aromatic carbocycles. The van der Waals surface area contributed by atoms with Crippen LogP contribution in [0.3, 0.4) is 0 Å². The van der Waals surface area contributed by atoms with E-state index in [9.17, 15) is 0 Å². The molecule has 0 amide bonds. The highest BCUT2D eigenvalue weighted by molar-refractivity contribution is 5.47. The summed E-state index contributed by atoms with van der Waals surface area (Å²) < 4.78 is 11.4. The van der Waals surface area contributed by atoms with Gasteiger partial charge in [0.2, 0.25) is 0 Å². The molecule has 3 nitrogen and oxygen atoms in total. The van der Waals surface area contributed by atoms with Crippen molar-refractivity contribution in [3.05, 3.63) is 23.3 Å². The van der Waals surface area contributed by atoms with Gasteiger partial charge in [0.25, 0.3) is 0 Å². The Morgan fingerprint density at radius 3 is 2.53 bits per heavy atom. The summed E-state index contributed by atoms with van der Waals surface area (Å²) in [6.07, 6.45) is 4.24. The van der Waals surface area contributed by atoms with Crippen LogP contribution in [0.5, 0.6) is 11.5 Å². The molecule has 0 aromatic heterocycles. The van der Waals surface area contributed by atoms with Crippen molar-refractivity contribution in [1.29, 1.82) is 0 Å². The summed E-state index contributed by atoms with van der Waals surface area (Å²) in [6, 6.07) is 4.23. The zero-order valence-electron chi connectivity index (χ0n) is 10.5. The molecule has 1 heterocycles. The van der Waals surface area contributed by atoms with Gasteiger partial charge in [0.1, 0.15) is 0 Å². The molecule has 0 unspecified atom stereocenters. The Kier molecular flexibility index (Phi) is 4.26. The molecule has 2 rings (SSSR count). The third-order valence-electron chi connectivity index (χ3n) is 3.11. The first-order chi connectivity index (χ1) is 8.31. The molecule has 1 aliphatic rings. The van der Waals surface area contributed by atoms with E-state index in [1.165, 1.54) is 11.1 Å². The van der Waals surface area contributed by atoms with Crippen LogP contribution in [-0.4, -0.2) is 19.8 Å². The minimum Gasteiger partial charge on any atom is -0.490 e. The van der Waals surface area contributed by atoms with Gasteiger partial charge in [-0.3, -0.25) is 0 Å². The largest absolute Gasteiger partial charge is 0.490 e. The molecule has 0 saturated heterocycles. The molecule has 1 aliphatic heterocycles. The maximum Gasteiger partial charge on any atom is 0.161 e. The van der Waals surface area contributed by atoms with Gasteiger partial charge >= 0.3 is 0 Å².